The number of nitrogens with two attached hydrogens (primary N) is 1. The van der Waals surface area contributed by atoms with Gasteiger partial charge in [-0.3, -0.25) is 0 Å². The van der Waals surface area contributed by atoms with E-state index in [1.165, 1.54) is 0 Å². The summed E-state index contributed by atoms with van der Waals surface area (Å²) in [5, 5.41) is 19.4. The smallest absolute Gasteiger partial charge is 0.140 e. The third-order valence-electron chi connectivity index (χ3n) is 2.68. The van der Waals surface area contributed by atoms with E-state index in [2.05, 4.69) is 0 Å². The predicted molar refractivity (Wildman–Crippen MR) is 73.2 cm³/mol. The van der Waals surface area contributed by atoms with Crippen LogP contribution in [0, 0.1) is 5.41 Å². The number of halogens is 3. The highest BCUT2D eigenvalue weighted by molar-refractivity contribution is 6.43. The third kappa shape index (κ3) is 3.39. The number of benzene rings is 1. The predicted octanol–water partition coefficient (Wildman–Crippen LogP) is 3.14. The molecule has 0 fully saturated rings. The molecule has 0 amide bonds. The average molecular weight is 301 g/mol. The number of aliphatic hydroxyl groups excluding tert-OH is 1. The Bertz CT molecular complexity index is 397. The van der Waals surface area contributed by atoms with Crippen LogP contribution in [-0.4, -0.2) is 16.8 Å². The van der Waals surface area contributed by atoms with Crippen LogP contribution in [0.1, 0.15) is 25.5 Å². The molecule has 0 aliphatic carbocycles. The summed E-state index contributed by atoms with van der Waals surface area (Å²) in [5.74, 6) is -0.122. The van der Waals surface area contributed by atoms with Gasteiger partial charge in [-0.15, -0.1) is 12.4 Å². The van der Waals surface area contributed by atoms with E-state index in [0.29, 0.717) is 5.56 Å². The van der Waals surface area contributed by atoms with Crippen molar-refractivity contribution in [3.8, 4) is 5.75 Å². The fourth-order valence-corrected chi connectivity index (χ4v) is 1.65. The zero-order chi connectivity index (χ0) is 12.5. The van der Waals surface area contributed by atoms with E-state index in [1.54, 1.807) is 26.0 Å². The molecule has 0 heterocycles. The van der Waals surface area contributed by atoms with Crippen molar-refractivity contribution < 1.29 is 10.2 Å². The summed E-state index contributed by atoms with van der Waals surface area (Å²) in [5.41, 5.74) is 5.91. The van der Waals surface area contributed by atoms with Crippen LogP contribution in [0.3, 0.4) is 0 Å². The number of phenols is 1. The van der Waals surface area contributed by atoms with Crippen molar-refractivity contribution in [3.63, 3.8) is 0 Å². The van der Waals surface area contributed by atoms with Crippen molar-refractivity contribution in [2.45, 2.75) is 19.9 Å². The summed E-state index contributed by atoms with van der Waals surface area (Å²) in [4.78, 5) is 0. The minimum absolute atomic E-state index is 0. The van der Waals surface area contributed by atoms with Gasteiger partial charge in [0.1, 0.15) is 10.8 Å². The van der Waals surface area contributed by atoms with Gasteiger partial charge in [0.2, 0.25) is 0 Å². The molecule has 0 radical (unpaired) electrons. The molecule has 0 unspecified atom stereocenters. The summed E-state index contributed by atoms with van der Waals surface area (Å²) in [6.07, 6.45) is 0. The molecule has 0 spiro atoms. The molecule has 17 heavy (non-hydrogen) atoms. The third-order valence-corrected chi connectivity index (χ3v) is 3.48. The average Bonchev–Trinajstić information content (AvgIpc) is 2.25. The molecule has 1 rings (SSSR count). The molecule has 1 atom stereocenters. The highest BCUT2D eigenvalue weighted by Gasteiger charge is 2.29. The molecule has 0 saturated heterocycles. The molecule has 0 bridgehead atoms. The van der Waals surface area contributed by atoms with Crippen molar-refractivity contribution in [2.24, 2.45) is 11.1 Å². The SMILES string of the molecule is CC(C)(CO)[C@H](N)c1ccc(Cl)c(Cl)c1O.Cl. The molecule has 0 aromatic heterocycles. The second-order valence-electron chi connectivity index (χ2n) is 4.42. The first-order chi connectivity index (χ1) is 7.31. The number of rotatable bonds is 3. The lowest BCUT2D eigenvalue weighted by atomic mass is 9.81. The first-order valence-corrected chi connectivity index (χ1v) is 5.60. The number of aromatic hydroxyl groups is 1. The second-order valence-corrected chi connectivity index (χ2v) is 5.21. The Morgan fingerprint density at radius 2 is 1.88 bits per heavy atom. The van der Waals surface area contributed by atoms with Crippen molar-refractivity contribution in [1.29, 1.82) is 0 Å². The minimum Gasteiger partial charge on any atom is -0.506 e. The van der Waals surface area contributed by atoms with E-state index in [-0.39, 0.29) is 34.8 Å². The first-order valence-electron chi connectivity index (χ1n) is 4.84. The van der Waals surface area contributed by atoms with Gasteiger partial charge in [0.15, 0.2) is 0 Å². The lowest BCUT2D eigenvalue weighted by Gasteiger charge is -2.30. The Morgan fingerprint density at radius 1 is 1.35 bits per heavy atom. The molecular formula is C11H16Cl3NO2. The molecule has 1 aromatic carbocycles. The van der Waals surface area contributed by atoms with Crippen molar-refractivity contribution in [3.05, 3.63) is 27.7 Å². The summed E-state index contributed by atoms with van der Waals surface area (Å²) in [6.45, 7) is 3.52. The molecular weight excluding hydrogens is 284 g/mol. The number of hydrogen-bond acceptors (Lipinski definition) is 3. The van der Waals surface area contributed by atoms with Crippen LogP contribution < -0.4 is 5.73 Å². The van der Waals surface area contributed by atoms with E-state index >= 15 is 0 Å². The number of aliphatic hydroxyl groups is 1. The second kappa shape index (κ2) is 6.12. The van der Waals surface area contributed by atoms with Crippen molar-refractivity contribution >= 4 is 35.6 Å². The minimum atomic E-state index is -0.547. The molecule has 0 saturated carbocycles. The highest BCUT2D eigenvalue weighted by Crippen LogP contribution is 2.41. The van der Waals surface area contributed by atoms with Crippen LogP contribution in [0.4, 0.5) is 0 Å². The highest BCUT2D eigenvalue weighted by atomic mass is 35.5. The van der Waals surface area contributed by atoms with Gasteiger partial charge >= 0.3 is 0 Å². The zero-order valence-electron chi connectivity index (χ0n) is 9.58. The van der Waals surface area contributed by atoms with E-state index < -0.39 is 11.5 Å². The van der Waals surface area contributed by atoms with Crippen LogP contribution in [-0.2, 0) is 0 Å². The van der Waals surface area contributed by atoms with Gasteiger partial charge < -0.3 is 15.9 Å². The van der Waals surface area contributed by atoms with Gasteiger partial charge in [-0.25, -0.2) is 0 Å². The van der Waals surface area contributed by atoms with E-state index in [9.17, 15) is 10.2 Å². The summed E-state index contributed by atoms with van der Waals surface area (Å²) < 4.78 is 0. The maximum atomic E-state index is 9.83. The van der Waals surface area contributed by atoms with Crippen LogP contribution in [0.2, 0.25) is 10.0 Å². The van der Waals surface area contributed by atoms with Crippen molar-refractivity contribution in [1.82, 2.24) is 0 Å². The van der Waals surface area contributed by atoms with Gasteiger partial charge in [-0.05, 0) is 6.07 Å². The monoisotopic (exact) mass is 299 g/mol. The summed E-state index contributed by atoms with van der Waals surface area (Å²) in [7, 11) is 0. The van der Waals surface area contributed by atoms with Crippen LogP contribution in [0.15, 0.2) is 12.1 Å². The topological polar surface area (TPSA) is 66.5 Å². The van der Waals surface area contributed by atoms with Gasteiger partial charge in [0.05, 0.1) is 5.02 Å². The number of phenolic OH excluding ortho intramolecular Hbond substituents is 1. The van der Waals surface area contributed by atoms with Gasteiger partial charge in [-0.1, -0.05) is 43.1 Å². The Hall–Kier alpha value is -0.190. The van der Waals surface area contributed by atoms with Gasteiger partial charge in [0, 0.05) is 23.6 Å². The maximum absolute atomic E-state index is 9.83. The van der Waals surface area contributed by atoms with Gasteiger partial charge in [0.25, 0.3) is 0 Å². The Kier molecular flexibility index (Phi) is 6.05. The fourth-order valence-electron chi connectivity index (χ4n) is 1.33. The first kappa shape index (κ1) is 16.8. The lowest BCUT2D eigenvalue weighted by Crippen LogP contribution is -2.32. The summed E-state index contributed by atoms with van der Waals surface area (Å²) >= 11 is 11.6. The Morgan fingerprint density at radius 3 is 2.35 bits per heavy atom. The Balaban J connectivity index is 0.00000256. The molecule has 6 heteroatoms. The Labute approximate surface area is 117 Å². The van der Waals surface area contributed by atoms with Crippen molar-refractivity contribution in [2.75, 3.05) is 6.61 Å². The van der Waals surface area contributed by atoms with E-state index in [4.69, 9.17) is 28.9 Å². The molecule has 4 N–H and O–H groups in total. The quantitative estimate of drug-likeness (QED) is 0.803. The standard InChI is InChI=1S/C11H15Cl2NO2.ClH/c1-11(2,5-15)10(14)6-3-4-7(12)8(13)9(6)16;/h3-4,10,15-16H,5,14H2,1-2H3;1H/t10-;/m1./s1. The fraction of sp³-hybridized carbons (Fsp3) is 0.455. The maximum Gasteiger partial charge on any atom is 0.140 e. The van der Waals surface area contributed by atoms with Crippen LogP contribution in [0.5, 0.6) is 5.75 Å². The van der Waals surface area contributed by atoms with E-state index in [0.717, 1.165) is 0 Å². The molecule has 98 valence electrons. The van der Waals surface area contributed by atoms with Crippen LogP contribution in [0.25, 0.3) is 0 Å². The molecule has 3 nitrogen and oxygen atoms in total. The zero-order valence-corrected chi connectivity index (χ0v) is 11.9. The van der Waals surface area contributed by atoms with Crippen LogP contribution >= 0.6 is 35.6 Å². The van der Waals surface area contributed by atoms with Gasteiger partial charge in [-0.2, -0.15) is 0 Å². The molecule has 0 aliphatic rings. The largest absolute Gasteiger partial charge is 0.506 e. The molecule has 1 aromatic rings. The number of hydrogen-bond donors (Lipinski definition) is 3. The normalized spacial score (nSPS) is 13.1. The molecule has 0 aliphatic heterocycles. The van der Waals surface area contributed by atoms with E-state index in [1.807, 2.05) is 0 Å². The summed E-state index contributed by atoms with van der Waals surface area (Å²) in [6, 6.07) is 2.67. The lowest BCUT2D eigenvalue weighted by molar-refractivity contribution is 0.131.